The Balaban J connectivity index is 0.00000288. The quantitative estimate of drug-likeness (QED) is 0.770. The molecule has 0 fully saturated rings. The predicted octanol–water partition coefficient (Wildman–Crippen LogP) is 3.97. The molecule has 24 heavy (non-hydrogen) atoms. The second kappa shape index (κ2) is 10.1. The number of aromatic nitrogens is 1. The first kappa shape index (κ1) is 20.2. The van der Waals surface area contributed by atoms with E-state index in [0.717, 1.165) is 49.7 Å². The number of rotatable bonds is 8. The summed E-state index contributed by atoms with van der Waals surface area (Å²) in [7, 11) is 0. The van der Waals surface area contributed by atoms with Crippen LogP contribution < -0.4 is 5.36 Å². The molecule has 0 aliphatic carbocycles. The minimum atomic E-state index is 0. The molecular formula is C19H28ClN3O. The lowest BCUT2D eigenvalue weighted by Crippen LogP contribution is -2.35. The molecule has 0 atom stereocenters. The van der Waals surface area contributed by atoms with Crippen molar-refractivity contribution in [3.8, 4) is 0 Å². The van der Waals surface area contributed by atoms with Gasteiger partial charge in [0.25, 0.3) is 0 Å². The zero-order valence-corrected chi connectivity index (χ0v) is 15.4. The van der Waals surface area contributed by atoms with E-state index in [2.05, 4.69) is 13.8 Å². The lowest BCUT2D eigenvalue weighted by atomic mass is 10.2. The smallest absolute Gasteiger partial charge is 0.242 e. The Morgan fingerprint density at radius 3 is 2.33 bits per heavy atom. The molecule has 1 heterocycles. The largest absolute Gasteiger partial charge is 0.341 e. The summed E-state index contributed by atoms with van der Waals surface area (Å²) in [4.78, 5) is 14.7. The van der Waals surface area contributed by atoms with Gasteiger partial charge in [-0.1, -0.05) is 44.9 Å². The standard InChI is InChI=1S/C19H27N3O.ClH/c1-3-5-12-21(13-6-4-2)19(23)15-22-14-11-17(20)16-9-7-8-10-18(16)22;/h7-11,14,20H,3-6,12-13,15H2,1-2H3;1H. The number of benzene rings is 1. The molecule has 0 saturated carbocycles. The van der Waals surface area contributed by atoms with Crippen molar-refractivity contribution in [3.63, 3.8) is 0 Å². The number of para-hydroxylation sites is 1. The highest BCUT2D eigenvalue weighted by atomic mass is 35.5. The van der Waals surface area contributed by atoms with Crippen LogP contribution >= 0.6 is 12.4 Å². The molecule has 0 saturated heterocycles. The molecule has 132 valence electrons. The summed E-state index contributed by atoms with van der Waals surface area (Å²) in [5.74, 6) is 0.166. The highest BCUT2D eigenvalue weighted by molar-refractivity contribution is 5.85. The average Bonchev–Trinajstić information content (AvgIpc) is 2.57. The van der Waals surface area contributed by atoms with Crippen molar-refractivity contribution in [2.75, 3.05) is 13.1 Å². The molecule has 0 unspecified atom stereocenters. The summed E-state index contributed by atoms with van der Waals surface area (Å²) < 4.78 is 1.96. The van der Waals surface area contributed by atoms with Crippen molar-refractivity contribution in [3.05, 3.63) is 41.9 Å². The van der Waals surface area contributed by atoms with Crippen LogP contribution in [0.2, 0.25) is 0 Å². The van der Waals surface area contributed by atoms with Crippen LogP contribution in [0.4, 0.5) is 0 Å². The van der Waals surface area contributed by atoms with Gasteiger partial charge < -0.3 is 14.9 Å². The van der Waals surface area contributed by atoms with Gasteiger partial charge in [-0.25, -0.2) is 0 Å². The van der Waals surface area contributed by atoms with E-state index in [1.54, 1.807) is 6.07 Å². The van der Waals surface area contributed by atoms with Crippen molar-refractivity contribution in [1.29, 1.82) is 5.41 Å². The Morgan fingerprint density at radius 2 is 1.71 bits per heavy atom. The van der Waals surface area contributed by atoms with E-state index in [1.807, 2.05) is 39.9 Å². The third-order valence-corrected chi connectivity index (χ3v) is 4.15. The van der Waals surface area contributed by atoms with Gasteiger partial charge >= 0.3 is 0 Å². The summed E-state index contributed by atoms with van der Waals surface area (Å²) in [6.45, 7) is 6.32. The second-order valence-electron chi connectivity index (χ2n) is 5.96. The van der Waals surface area contributed by atoms with Gasteiger partial charge in [-0.15, -0.1) is 12.4 Å². The minimum absolute atomic E-state index is 0. The number of amides is 1. The fraction of sp³-hybridized carbons (Fsp3) is 0.474. The Labute approximate surface area is 150 Å². The number of nitrogens with one attached hydrogen (secondary N) is 1. The van der Waals surface area contributed by atoms with E-state index >= 15 is 0 Å². The highest BCUT2D eigenvalue weighted by Crippen LogP contribution is 2.10. The Morgan fingerprint density at radius 1 is 1.08 bits per heavy atom. The predicted molar refractivity (Wildman–Crippen MR) is 101 cm³/mol. The summed E-state index contributed by atoms with van der Waals surface area (Å²) in [5.41, 5.74) is 0.944. The Hall–Kier alpha value is -1.81. The van der Waals surface area contributed by atoms with Gasteiger partial charge in [-0.3, -0.25) is 4.79 Å². The van der Waals surface area contributed by atoms with Crippen LogP contribution in [0.3, 0.4) is 0 Å². The molecule has 0 aliphatic heterocycles. The maximum absolute atomic E-state index is 12.7. The van der Waals surface area contributed by atoms with E-state index in [4.69, 9.17) is 5.41 Å². The molecule has 0 aliphatic rings. The van der Waals surface area contributed by atoms with Crippen molar-refractivity contribution in [2.24, 2.45) is 0 Å². The van der Waals surface area contributed by atoms with Crippen LogP contribution in [0.5, 0.6) is 0 Å². The van der Waals surface area contributed by atoms with Gasteiger partial charge in [0.05, 0.1) is 10.9 Å². The molecule has 2 rings (SSSR count). The van der Waals surface area contributed by atoms with Crippen molar-refractivity contribution < 1.29 is 4.79 Å². The number of carbonyl (C=O) groups is 1. The number of pyridine rings is 1. The lowest BCUT2D eigenvalue weighted by Gasteiger charge is -2.23. The molecule has 0 spiro atoms. The molecule has 0 radical (unpaired) electrons. The summed E-state index contributed by atoms with van der Waals surface area (Å²) in [6, 6.07) is 9.56. The molecular weight excluding hydrogens is 322 g/mol. The van der Waals surface area contributed by atoms with Crippen LogP contribution in [0, 0.1) is 5.41 Å². The number of unbranched alkanes of at least 4 members (excludes halogenated alkanes) is 2. The molecule has 2 aromatic rings. The van der Waals surface area contributed by atoms with Crippen LogP contribution in [-0.2, 0) is 11.3 Å². The number of carbonyl (C=O) groups excluding carboxylic acids is 1. The number of hydrogen-bond donors (Lipinski definition) is 1. The van der Waals surface area contributed by atoms with Crippen molar-refractivity contribution in [1.82, 2.24) is 9.47 Å². The molecule has 1 N–H and O–H groups in total. The topological polar surface area (TPSA) is 49.1 Å². The monoisotopic (exact) mass is 349 g/mol. The van der Waals surface area contributed by atoms with E-state index in [1.165, 1.54) is 0 Å². The van der Waals surface area contributed by atoms with Crippen molar-refractivity contribution in [2.45, 2.75) is 46.1 Å². The highest BCUT2D eigenvalue weighted by Gasteiger charge is 2.13. The van der Waals surface area contributed by atoms with E-state index in [-0.39, 0.29) is 18.3 Å². The molecule has 0 bridgehead atoms. The molecule has 1 amide bonds. The Kier molecular flexibility index (Phi) is 8.55. The number of halogens is 1. The molecule has 1 aromatic heterocycles. The van der Waals surface area contributed by atoms with Gasteiger partial charge in [-0.05, 0) is 25.0 Å². The van der Waals surface area contributed by atoms with Crippen LogP contribution in [0.1, 0.15) is 39.5 Å². The van der Waals surface area contributed by atoms with Gasteiger partial charge in [0.1, 0.15) is 6.54 Å². The van der Waals surface area contributed by atoms with Gasteiger partial charge in [-0.2, -0.15) is 0 Å². The minimum Gasteiger partial charge on any atom is -0.341 e. The fourth-order valence-electron chi connectivity index (χ4n) is 2.73. The maximum atomic E-state index is 12.7. The molecule has 4 nitrogen and oxygen atoms in total. The third kappa shape index (κ3) is 5.10. The van der Waals surface area contributed by atoms with Gasteiger partial charge in [0, 0.05) is 24.7 Å². The maximum Gasteiger partial charge on any atom is 0.242 e. The van der Waals surface area contributed by atoms with Gasteiger partial charge in [0.2, 0.25) is 5.91 Å². The van der Waals surface area contributed by atoms with E-state index in [9.17, 15) is 4.79 Å². The SMILES string of the molecule is CCCCN(CCCC)C(=O)Cn1ccc(=N)c2ccccc21.Cl. The molecule has 5 heteroatoms. The third-order valence-electron chi connectivity index (χ3n) is 4.15. The van der Waals surface area contributed by atoms with E-state index < -0.39 is 0 Å². The number of hydrogen-bond acceptors (Lipinski definition) is 2. The zero-order valence-electron chi connectivity index (χ0n) is 14.6. The second-order valence-corrected chi connectivity index (χ2v) is 5.96. The van der Waals surface area contributed by atoms with Gasteiger partial charge in [0.15, 0.2) is 0 Å². The normalized spacial score (nSPS) is 10.4. The zero-order chi connectivity index (χ0) is 16.7. The lowest BCUT2D eigenvalue weighted by molar-refractivity contribution is -0.131. The summed E-state index contributed by atoms with van der Waals surface area (Å²) in [6.07, 6.45) is 6.14. The average molecular weight is 350 g/mol. The molecule has 1 aromatic carbocycles. The van der Waals surface area contributed by atoms with Crippen molar-refractivity contribution >= 4 is 29.2 Å². The first-order valence-electron chi connectivity index (χ1n) is 8.58. The number of fused-ring (bicyclic) bond motifs is 1. The van der Waals surface area contributed by atoms with Crippen LogP contribution in [-0.4, -0.2) is 28.5 Å². The first-order chi connectivity index (χ1) is 11.2. The Bertz CT molecular complexity index is 703. The van der Waals surface area contributed by atoms with Crippen LogP contribution in [0.25, 0.3) is 10.9 Å². The summed E-state index contributed by atoms with van der Waals surface area (Å²) >= 11 is 0. The fourth-order valence-corrected chi connectivity index (χ4v) is 2.73. The first-order valence-corrected chi connectivity index (χ1v) is 8.58. The summed E-state index contributed by atoms with van der Waals surface area (Å²) in [5, 5.41) is 9.38. The number of nitrogens with zero attached hydrogens (tertiary/aromatic N) is 2. The van der Waals surface area contributed by atoms with E-state index in [0.29, 0.717) is 11.9 Å². The van der Waals surface area contributed by atoms with Crippen LogP contribution in [0.15, 0.2) is 36.5 Å².